The van der Waals surface area contributed by atoms with Crippen molar-refractivity contribution >= 4 is 45.1 Å². The molecule has 632 valence electrons. The van der Waals surface area contributed by atoms with E-state index in [2.05, 4.69) is 167 Å². The lowest BCUT2D eigenvalue weighted by molar-refractivity contribution is -0.109. The van der Waals surface area contributed by atoms with Crippen LogP contribution in [0.4, 0.5) is 11.4 Å². The molecule has 7 aromatic carbocycles. The van der Waals surface area contributed by atoms with Gasteiger partial charge in [-0.25, -0.2) is 9.36 Å². The largest absolute Gasteiger partial charge is 0.287 e. The van der Waals surface area contributed by atoms with Gasteiger partial charge in [0.15, 0.2) is 10.2 Å². The number of carbonyl (C=O) groups is 2. The SMILES string of the molecule is C#Cc1ccc(SC(C)=O)cc1.CCCCCCCCCCCCC1(CCCCCCCCCCCC)c2cc(-n3cc(-c4ccc(C)cc4)nn3)ccc2-c2ccc(-n3cc(-c4ccc(SC(C)=O)cc4)nn3)cc21.CCCCCCCCCCCCC1(CCCCCCCCCCCC)c2cc(N=[N+]=[N-])ccc2-c2ccc(N=[N+]=[N-])cc21. The number of aromatic nitrogens is 6. The Balaban J connectivity index is 0.000000251. The van der Waals surface area contributed by atoms with E-state index in [4.69, 9.17) is 11.6 Å². The van der Waals surface area contributed by atoms with Crippen LogP contribution in [0.15, 0.2) is 178 Å². The molecule has 0 unspecified atom stereocenters. The second-order valence-electron chi connectivity index (χ2n) is 33.5. The van der Waals surface area contributed by atoms with Crippen LogP contribution in [0.1, 0.15) is 357 Å². The van der Waals surface area contributed by atoms with Crippen LogP contribution < -0.4 is 0 Å². The van der Waals surface area contributed by atoms with Gasteiger partial charge in [0.25, 0.3) is 0 Å². The van der Waals surface area contributed by atoms with Crippen molar-refractivity contribution < 1.29 is 9.59 Å². The van der Waals surface area contributed by atoms with Crippen molar-refractivity contribution in [3.63, 3.8) is 0 Å². The molecule has 0 radical (unpaired) electrons. The fourth-order valence-electron chi connectivity index (χ4n) is 17.9. The quantitative estimate of drug-likeness (QED) is 0.00897. The lowest BCUT2D eigenvalue weighted by Gasteiger charge is -2.33. The molecule has 2 aliphatic rings. The summed E-state index contributed by atoms with van der Waals surface area (Å²) in [6.45, 7) is 14.4. The highest BCUT2D eigenvalue weighted by Gasteiger charge is 2.44. The molecule has 0 bridgehead atoms. The van der Waals surface area contributed by atoms with Crippen LogP contribution in [0.2, 0.25) is 0 Å². The van der Waals surface area contributed by atoms with E-state index in [1.165, 1.54) is 330 Å². The molecule has 2 aromatic heterocycles. The van der Waals surface area contributed by atoms with Gasteiger partial charge in [0.1, 0.15) is 11.4 Å². The van der Waals surface area contributed by atoms with Crippen molar-refractivity contribution in [2.75, 3.05) is 0 Å². The first-order chi connectivity index (χ1) is 58.3. The van der Waals surface area contributed by atoms with E-state index in [-0.39, 0.29) is 21.1 Å². The zero-order valence-electron chi connectivity index (χ0n) is 73.2. The molecule has 0 N–H and O–H groups in total. The second-order valence-corrected chi connectivity index (χ2v) is 36.0. The zero-order chi connectivity index (χ0) is 84.1. The van der Waals surface area contributed by atoms with Crippen molar-refractivity contribution in [1.29, 1.82) is 0 Å². The van der Waals surface area contributed by atoms with Crippen LogP contribution in [0.25, 0.3) is 77.0 Å². The van der Waals surface area contributed by atoms with Gasteiger partial charge in [0.05, 0.1) is 23.8 Å². The zero-order valence-corrected chi connectivity index (χ0v) is 74.8. The Bertz CT molecular complexity index is 4560. The summed E-state index contributed by atoms with van der Waals surface area (Å²) in [5.74, 6) is 2.51. The number of hydrogen-bond acceptors (Lipinski definition) is 10. The summed E-state index contributed by atoms with van der Waals surface area (Å²) < 4.78 is 3.91. The molecule has 0 aliphatic heterocycles. The highest BCUT2D eigenvalue weighted by Crippen LogP contribution is 2.57. The molecule has 0 saturated carbocycles. The molecule has 0 atom stereocenters. The Kier molecular flexibility index (Phi) is 41.2. The fourth-order valence-corrected chi connectivity index (χ4v) is 19.1. The Morgan fingerprint density at radius 1 is 0.378 bits per heavy atom. The lowest BCUT2D eigenvalue weighted by Crippen LogP contribution is -2.26. The Hall–Kier alpha value is -8.96. The third-order valence-electron chi connectivity index (χ3n) is 24.4. The van der Waals surface area contributed by atoms with Gasteiger partial charge in [-0.1, -0.05) is 413 Å². The first-order valence-electron chi connectivity index (χ1n) is 46.0. The van der Waals surface area contributed by atoms with Gasteiger partial charge < -0.3 is 0 Å². The summed E-state index contributed by atoms with van der Waals surface area (Å²) in [5, 5.41) is 26.8. The molecule has 0 amide bonds. The van der Waals surface area contributed by atoms with E-state index in [9.17, 15) is 20.7 Å². The Morgan fingerprint density at radius 2 is 0.655 bits per heavy atom. The smallest absolute Gasteiger partial charge is 0.190 e. The third-order valence-corrected chi connectivity index (χ3v) is 26.0. The number of hydrogen-bond donors (Lipinski definition) is 0. The summed E-state index contributed by atoms with van der Waals surface area (Å²) in [5.41, 5.74) is 37.9. The summed E-state index contributed by atoms with van der Waals surface area (Å²) in [6.07, 6.45) is 66.6. The topological polar surface area (TPSA) is 193 Å². The van der Waals surface area contributed by atoms with Crippen LogP contribution in [-0.2, 0) is 20.4 Å². The van der Waals surface area contributed by atoms with E-state index in [0.717, 1.165) is 74.9 Å². The summed E-state index contributed by atoms with van der Waals surface area (Å²) >= 11 is 2.46. The summed E-state index contributed by atoms with van der Waals surface area (Å²) in [7, 11) is 0. The number of fused-ring (bicyclic) bond motifs is 6. The average Bonchev–Trinajstić information content (AvgIpc) is 1.57. The van der Waals surface area contributed by atoms with Gasteiger partial charge >= 0.3 is 0 Å². The van der Waals surface area contributed by atoms with E-state index in [1.54, 1.807) is 13.8 Å². The van der Waals surface area contributed by atoms with Gasteiger partial charge in [-0.15, -0.1) is 16.6 Å². The molecule has 0 spiro atoms. The van der Waals surface area contributed by atoms with E-state index in [0.29, 0.717) is 11.4 Å². The average molecular weight is 1640 g/mol. The van der Waals surface area contributed by atoms with Crippen molar-refractivity contribution in [2.24, 2.45) is 10.2 Å². The number of terminal acetylenes is 1. The number of carbonyl (C=O) groups excluding carboxylic acids is 2. The predicted molar refractivity (Wildman–Crippen MR) is 502 cm³/mol. The van der Waals surface area contributed by atoms with Gasteiger partial charge in [0.2, 0.25) is 0 Å². The van der Waals surface area contributed by atoms with E-state index < -0.39 is 0 Å². The number of aryl methyl sites for hydroxylation is 1. The standard InChI is InChI=1S/C56H72N6OS.C37H56N6.C10H8OS/c1-5-7-9-11-13-15-17-19-21-23-37-56(38-24-22-20-18-16-14-12-10-8-6-2)52-39-47(61-41-54(57-59-61)45-27-25-43(3)26-28-45)31-35-50(52)51-36-32-48(40-53(51)56)62-42-55(58-60-62)46-29-33-49(34-30-46)64-44(4)63;1-3-5-7-9-11-13-15-17-19-21-27-37(28-22-20-18-16-14-12-10-8-6-4-2)35-29-31(40-42-38)23-25-33(35)34-26-24-32(41-43-39)30-36(34)37;1-3-9-4-6-10(7-5-9)12-8(2)11/h25-36,39-42H,5-24,37-38H2,1-4H3;23-26,29-30H,3-22,27-28H2,1-2H3;1,4-7H,2H3. The number of thioether (sulfide) groups is 2. The number of azide groups is 2. The van der Waals surface area contributed by atoms with Gasteiger partial charge in [-0.3, -0.25) is 9.59 Å². The van der Waals surface area contributed by atoms with Crippen molar-refractivity contribution in [2.45, 2.75) is 352 Å². The molecular weight excluding hydrogens is 1500 g/mol. The summed E-state index contributed by atoms with van der Waals surface area (Å²) in [4.78, 5) is 30.4. The van der Waals surface area contributed by atoms with Crippen LogP contribution in [0, 0.1) is 19.3 Å². The molecule has 2 aliphatic carbocycles. The maximum absolute atomic E-state index is 11.7. The van der Waals surface area contributed by atoms with Crippen LogP contribution in [-0.4, -0.2) is 40.2 Å². The molecule has 11 rings (SSSR count). The van der Waals surface area contributed by atoms with Gasteiger partial charge in [-0.05, 0) is 161 Å². The van der Waals surface area contributed by atoms with Crippen LogP contribution >= 0.6 is 23.5 Å². The van der Waals surface area contributed by atoms with Gasteiger partial charge in [0, 0.05) is 72.4 Å². The van der Waals surface area contributed by atoms with E-state index in [1.807, 2.05) is 76.2 Å². The minimum absolute atomic E-state index is 0.0803. The minimum Gasteiger partial charge on any atom is -0.287 e. The number of benzene rings is 7. The second kappa shape index (κ2) is 52.3. The van der Waals surface area contributed by atoms with Crippen molar-refractivity contribution in [3.8, 4) is 68.5 Å². The molecule has 2 heterocycles. The number of nitrogens with zero attached hydrogens (tertiary/aromatic N) is 12. The van der Waals surface area contributed by atoms with Crippen molar-refractivity contribution in [3.05, 3.63) is 212 Å². The molecular formula is C103H136N12O2S2. The van der Waals surface area contributed by atoms with Crippen LogP contribution in [0.3, 0.4) is 0 Å². The first-order valence-corrected chi connectivity index (χ1v) is 47.6. The number of rotatable bonds is 52. The highest BCUT2D eigenvalue weighted by atomic mass is 32.2. The minimum atomic E-state index is -0.146. The Morgan fingerprint density at radius 3 is 0.950 bits per heavy atom. The maximum atomic E-state index is 11.7. The molecule has 16 heteroatoms. The molecule has 14 nitrogen and oxygen atoms in total. The predicted octanol–water partition coefficient (Wildman–Crippen LogP) is 32.8. The molecule has 0 saturated heterocycles. The molecule has 119 heavy (non-hydrogen) atoms. The Labute approximate surface area is 722 Å². The molecule has 9 aromatic rings. The first kappa shape index (κ1) is 93.9. The van der Waals surface area contributed by atoms with Gasteiger partial charge in [-0.2, -0.15) is 0 Å². The molecule has 0 fully saturated rings. The monoisotopic (exact) mass is 1640 g/mol. The van der Waals surface area contributed by atoms with E-state index >= 15 is 0 Å². The number of unbranched alkanes of at least 4 members (excludes halogenated alkanes) is 36. The summed E-state index contributed by atoms with van der Waals surface area (Å²) in [6, 6.07) is 50.3. The highest BCUT2D eigenvalue weighted by molar-refractivity contribution is 8.13. The normalized spacial score (nSPS) is 12.4. The lowest BCUT2D eigenvalue weighted by atomic mass is 9.70. The third kappa shape index (κ3) is 29.1. The van der Waals surface area contributed by atoms with Crippen LogP contribution in [0.5, 0.6) is 0 Å². The maximum Gasteiger partial charge on any atom is 0.190 e. The van der Waals surface area contributed by atoms with Crippen molar-refractivity contribution in [1.82, 2.24) is 30.0 Å². The fraction of sp³-hybridized carbons (Fsp3) is 0.515.